The van der Waals surface area contributed by atoms with Gasteiger partial charge in [0.05, 0.1) is 16.0 Å². The normalized spacial score (nSPS) is 12.5. The highest BCUT2D eigenvalue weighted by atomic mass is 127. The minimum atomic E-state index is -4.55. The standard InChI is InChI=1S/C16H9F3INO3S/c17-16(18,19)11-4-6-12(7-5-11)25(23,24)21-8-10(9-22)15-13(20)2-1-3-14(15)21/h1-9H. The van der Waals surface area contributed by atoms with E-state index in [1.165, 1.54) is 12.3 Å². The zero-order valence-corrected chi connectivity index (χ0v) is 15.3. The lowest BCUT2D eigenvalue weighted by atomic mass is 10.2. The predicted octanol–water partition coefficient (Wildman–Crippen LogP) is 4.31. The van der Waals surface area contributed by atoms with Gasteiger partial charge in [0.2, 0.25) is 0 Å². The van der Waals surface area contributed by atoms with Gasteiger partial charge in [0.15, 0.2) is 6.29 Å². The van der Waals surface area contributed by atoms with Crippen molar-refractivity contribution in [3.8, 4) is 0 Å². The molecule has 2 aromatic carbocycles. The SMILES string of the molecule is O=Cc1cn(S(=O)(=O)c2ccc(C(F)(F)F)cc2)c2cccc(I)c12. The van der Waals surface area contributed by atoms with Gasteiger partial charge < -0.3 is 0 Å². The first kappa shape index (κ1) is 17.9. The van der Waals surface area contributed by atoms with Gasteiger partial charge in [0, 0.05) is 20.7 Å². The molecule has 0 unspecified atom stereocenters. The maximum atomic E-state index is 12.8. The van der Waals surface area contributed by atoms with E-state index in [9.17, 15) is 26.4 Å². The van der Waals surface area contributed by atoms with Crippen LogP contribution in [0.25, 0.3) is 10.9 Å². The fourth-order valence-electron chi connectivity index (χ4n) is 2.46. The van der Waals surface area contributed by atoms with Gasteiger partial charge in [0.1, 0.15) is 0 Å². The molecule has 0 bridgehead atoms. The van der Waals surface area contributed by atoms with Gasteiger partial charge in [-0.15, -0.1) is 0 Å². The van der Waals surface area contributed by atoms with Crippen LogP contribution in [0.5, 0.6) is 0 Å². The number of benzene rings is 2. The Morgan fingerprint density at radius 1 is 1.04 bits per heavy atom. The number of nitrogens with zero attached hydrogens (tertiary/aromatic N) is 1. The molecule has 0 N–H and O–H groups in total. The van der Waals surface area contributed by atoms with E-state index in [0.29, 0.717) is 27.4 Å². The van der Waals surface area contributed by atoms with E-state index in [1.54, 1.807) is 12.1 Å². The van der Waals surface area contributed by atoms with Crippen molar-refractivity contribution in [3.05, 3.63) is 63.4 Å². The van der Waals surface area contributed by atoms with Gasteiger partial charge in [-0.1, -0.05) is 6.07 Å². The molecule has 0 atom stereocenters. The number of hydrogen-bond acceptors (Lipinski definition) is 3. The number of halogens is 4. The van der Waals surface area contributed by atoms with Crippen molar-refractivity contribution >= 4 is 49.8 Å². The van der Waals surface area contributed by atoms with Gasteiger partial charge in [-0.05, 0) is 59.0 Å². The van der Waals surface area contributed by atoms with E-state index < -0.39 is 21.8 Å². The second-order valence-corrected chi connectivity index (χ2v) is 8.14. The molecular formula is C16H9F3INO3S. The Kier molecular flexibility index (Phi) is 4.40. The highest BCUT2D eigenvalue weighted by Crippen LogP contribution is 2.32. The van der Waals surface area contributed by atoms with E-state index in [0.717, 1.165) is 16.1 Å². The molecular weight excluding hydrogens is 470 g/mol. The highest BCUT2D eigenvalue weighted by Gasteiger charge is 2.31. The lowest BCUT2D eigenvalue weighted by molar-refractivity contribution is -0.137. The Morgan fingerprint density at radius 3 is 2.24 bits per heavy atom. The number of carbonyl (C=O) groups is 1. The fourth-order valence-corrected chi connectivity index (χ4v) is 4.63. The summed E-state index contributed by atoms with van der Waals surface area (Å²) in [6, 6.07) is 8.12. The Morgan fingerprint density at radius 2 is 1.68 bits per heavy atom. The van der Waals surface area contributed by atoms with Crippen LogP contribution in [-0.2, 0) is 16.2 Å². The molecule has 9 heteroatoms. The van der Waals surface area contributed by atoms with Crippen LogP contribution in [0.4, 0.5) is 13.2 Å². The summed E-state index contributed by atoms with van der Waals surface area (Å²) in [7, 11) is -4.15. The molecule has 130 valence electrons. The third-order valence-corrected chi connectivity index (χ3v) is 6.23. The number of carbonyl (C=O) groups excluding carboxylic acids is 1. The van der Waals surface area contributed by atoms with Gasteiger partial charge in [0.25, 0.3) is 10.0 Å². The van der Waals surface area contributed by atoms with Crippen LogP contribution >= 0.6 is 22.6 Å². The summed E-state index contributed by atoms with van der Waals surface area (Å²) < 4.78 is 65.2. The molecule has 0 amide bonds. The van der Waals surface area contributed by atoms with Crippen LogP contribution in [0.2, 0.25) is 0 Å². The fraction of sp³-hybridized carbons (Fsp3) is 0.0625. The van der Waals surface area contributed by atoms with Crippen molar-refractivity contribution in [2.24, 2.45) is 0 Å². The molecule has 1 aromatic heterocycles. The van der Waals surface area contributed by atoms with Crippen molar-refractivity contribution in [2.75, 3.05) is 0 Å². The van der Waals surface area contributed by atoms with E-state index in [4.69, 9.17) is 0 Å². The van der Waals surface area contributed by atoms with Crippen LogP contribution in [-0.4, -0.2) is 18.7 Å². The summed E-state index contributed by atoms with van der Waals surface area (Å²) in [5, 5.41) is 0.480. The summed E-state index contributed by atoms with van der Waals surface area (Å²) >= 11 is 1.98. The molecule has 0 spiro atoms. The van der Waals surface area contributed by atoms with Gasteiger partial charge in [-0.2, -0.15) is 13.2 Å². The Bertz CT molecular complexity index is 1070. The van der Waals surface area contributed by atoms with Crippen LogP contribution in [0.15, 0.2) is 53.6 Å². The lowest BCUT2D eigenvalue weighted by Gasteiger charge is -2.10. The highest BCUT2D eigenvalue weighted by molar-refractivity contribution is 14.1. The van der Waals surface area contributed by atoms with Crippen molar-refractivity contribution in [1.82, 2.24) is 3.97 Å². The third kappa shape index (κ3) is 3.06. The minimum absolute atomic E-state index is 0.190. The van der Waals surface area contributed by atoms with Crippen molar-refractivity contribution in [2.45, 2.75) is 11.1 Å². The molecule has 0 radical (unpaired) electrons. The van der Waals surface area contributed by atoms with Crippen LogP contribution in [0.1, 0.15) is 15.9 Å². The molecule has 0 saturated carbocycles. The van der Waals surface area contributed by atoms with E-state index in [1.807, 2.05) is 22.6 Å². The summed E-state index contributed by atoms with van der Waals surface area (Å²) in [5.41, 5.74) is -0.462. The smallest absolute Gasteiger partial charge is 0.298 e. The number of aromatic nitrogens is 1. The second-order valence-electron chi connectivity index (χ2n) is 5.16. The Labute approximate surface area is 154 Å². The third-order valence-electron chi connectivity index (χ3n) is 3.64. The monoisotopic (exact) mass is 479 g/mol. The van der Waals surface area contributed by atoms with Gasteiger partial charge >= 0.3 is 6.18 Å². The first-order chi connectivity index (χ1) is 11.7. The Balaban J connectivity index is 2.20. The molecule has 0 aliphatic rings. The van der Waals surface area contributed by atoms with Gasteiger partial charge in [-0.3, -0.25) is 4.79 Å². The maximum Gasteiger partial charge on any atom is 0.416 e. The largest absolute Gasteiger partial charge is 0.416 e. The van der Waals surface area contributed by atoms with Gasteiger partial charge in [-0.25, -0.2) is 12.4 Å². The number of alkyl halides is 3. The zero-order chi connectivity index (χ0) is 18.4. The van der Waals surface area contributed by atoms with Crippen molar-refractivity contribution in [1.29, 1.82) is 0 Å². The van der Waals surface area contributed by atoms with Crippen LogP contribution in [0, 0.1) is 3.57 Å². The minimum Gasteiger partial charge on any atom is -0.298 e. The predicted molar refractivity (Wildman–Crippen MR) is 94.1 cm³/mol. The van der Waals surface area contributed by atoms with Crippen molar-refractivity contribution < 1.29 is 26.4 Å². The first-order valence-corrected chi connectivity index (χ1v) is 9.36. The van der Waals surface area contributed by atoms with Crippen LogP contribution < -0.4 is 0 Å². The maximum absolute atomic E-state index is 12.8. The second kappa shape index (κ2) is 6.13. The molecule has 0 fully saturated rings. The number of rotatable bonds is 3. The molecule has 25 heavy (non-hydrogen) atoms. The Hall–Kier alpha value is -1.88. The quantitative estimate of drug-likeness (QED) is 0.416. The summed E-state index contributed by atoms with van der Waals surface area (Å²) in [4.78, 5) is 11.0. The first-order valence-electron chi connectivity index (χ1n) is 6.84. The van der Waals surface area contributed by atoms with E-state index >= 15 is 0 Å². The topological polar surface area (TPSA) is 56.1 Å². The molecule has 0 aliphatic heterocycles. The van der Waals surface area contributed by atoms with Crippen LogP contribution in [0.3, 0.4) is 0 Å². The van der Waals surface area contributed by atoms with Crippen molar-refractivity contribution in [3.63, 3.8) is 0 Å². The molecule has 1 heterocycles. The summed E-state index contributed by atoms with van der Waals surface area (Å²) in [6.07, 6.45) is -2.83. The molecule has 4 nitrogen and oxygen atoms in total. The number of aldehydes is 1. The lowest BCUT2D eigenvalue weighted by Crippen LogP contribution is -2.13. The van der Waals surface area contributed by atoms with E-state index in [2.05, 4.69) is 0 Å². The molecule has 0 saturated heterocycles. The molecule has 3 rings (SSSR count). The van der Waals surface area contributed by atoms with E-state index in [-0.39, 0.29) is 16.0 Å². The molecule has 3 aromatic rings. The average molecular weight is 479 g/mol. The summed E-state index contributed by atoms with van der Waals surface area (Å²) in [5.74, 6) is 0. The summed E-state index contributed by atoms with van der Waals surface area (Å²) in [6.45, 7) is 0. The average Bonchev–Trinajstić information content (AvgIpc) is 2.95. The zero-order valence-electron chi connectivity index (χ0n) is 12.3. The number of hydrogen-bond donors (Lipinski definition) is 0. The number of fused-ring (bicyclic) bond motifs is 1. The molecule has 0 aliphatic carbocycles.